The van der Waals surface area contributed by atoms with Gasteiger partial charge in [0.2, 0.25) is 0 Å². The first kappa shape index (κ1) is 9.01. The van der Waals surface area contributed by atoms with Crippen molar-refractivity contribution in [3.63, 3.8) is 0 Å². The molecule has 66 valence electrons. The van der Waals surface area contributed by atoms with Crippen LogP contribution in [0.5, 0.6) is 0 Å². The van der Waals surface area contributed by atoms with Crippen molar-refractivity contribution in [3.8, 4) is 0 Å². The van der Waals surface area contributed by atoms with Gasteiger partial charge in [0, 0.05) is 12.1 Å². The molecule has 1 heterocycles. The van der Waals surface area contributed by atoms with E-state index in [-0.39, 0.29) is 6.10 Å². The summed E-state index contributed by atoms with van der Waals surface area (Å²) in [5.41, 5.74) is 0. The topological polar surface area (TPSA) is 23.5 Å². The molecular weight excluding hydrogens is 138 g/mol. The number of likely N-dealkylation sites (tertiary alicyclic amines) is 1. The fraction of sp³-hybridized carbons (Fsp3) is 1.00. The van der Waals surface area contributed by atoms with Crippen molar-refractivity contribution in [1.29, 1.82) is 0 Å². The highest BCUT2D eigenvalue weighted by atomic mass is 16.3. The van der Waals surface area contributed by atoms with Crippen molar-refractivity contribution in [1.82, 2.24) is 4.90 Å². The minimum absolute atomic E-state index is 0.167. The van der Waals surface area contributed by atoms with E-state index < -0.39 is 0 Å². The first-order valence-electron chi connectivity index (χ1n) is 4.56. The van der Waals surface area contributed by atoms with E-state index >= 15 is 0 Å². The van der Waals surface area contributed by atoms with Crippen molar-refractivity contribution < 1.29 is 5.11 Å². The zero-order chi connectivity index (χ0) is 8.43. The molecule has 0 amide bonds. The van der Waals surface area contributed by atoms with Crippen LogP contribution in [0.15, 0.2) is 0 Å². The van der Waals surface area contributed by atoms with Gasteiger partial charge in [-0.25, -0.2) is 0 Å². The Bertz CT molecular complexity index is 109. The van der Waals surface area contributed by atoms with Gasteiger partial charge in [0.05, 0.1) is 6.10 Å². The summed E-state index contributed by atoms with van der Waals surface area (Å²) >= 11 is 0. The minimum Gasteiger partial charge on any atom is -0.392 e. The van der Waals surface area contributed by atoms with E-state index in [1.807, 2.05) is 6.92 Å². The van der Waals surface area contributed by atoms with Crippen molar-refractivity contribution in [2.75, 3.05) is 6.54 Å². The van der Waals surface area contributed by atoms with Gasteiger partial charge in [-0.05, 0) is 40.2 Å². The normalized spacial score (nSPS) is 29.7. The molecule has 1 saturated heterocycles. The second-order valence-corrected chi connectivity index (χ2v) is 3.78. The predicted molar refractivity (Wildman–Crippen MR) is 46.5 cm³/mol. The molecule has 2 heteroatoms. The molecule has 0 aromatic heterocycles. The molecule has 1 N–H and O–H groups in total. The zero-order valence-electron chi connectivity index (χ0n) is 7.75. The summed E-state index contributed by atoms with van der Waals surface area (Å²) in [6.45, 7) is 7.44. The molecule has 0 unspecified atom stereocenters. The number of nitrogens with zero attached hydrogens (tertiary/aromatic N) is 1. The number of aliphatic hydroxyl groups excluding tert-OH is 1. The molecule has 2 atom stereocenters. The van der Waals surface area contributed by atoms with E-state index in [9.17, 15) is 5.11 Å². The summed E-state index contributed by atoms with van der Waals surface area (Å²) in [4.78, 5) is 2.39. The molecule has 1 rings (SSSR count). The van der Waals surface area contributed by atoms with Gasteiger partial charge in [0.1, 0.15) is 0 Å². The Morgan fingerprint density at radius 3 is 2.36 bits per heavy atom. The lowest BCUT2D eigenvalue weighted by Crippen LogP contribution is -2.41. The monoisotopic (exact) mass is 157 g/mol. The Balaban J connectivity index is 2.51. The summed E-state index contributed by atoms with van der Waals surface area (Å²) in [6, 6.07) is 0.993. The molecule has 0 saturated carbocycles. The summed E-state index contributed by atoms with van der Waals surface area (Å²) < 4.78 is 0. The molecule has 0 aliphatic carbocycles. The van der Waals surface area contributed by atoms with E-state index in [1.54, 1.807) is 0 Å². The lowest BCUT2D eigenvalue weighted by molar-refractivity contribution is 0.0700. The highest BCUT2D eigenvalue weighted by molar-refractivity contribution is 4.84. The molecule has 1 aliphatic heterocycles. The summed E-state index contributed by atoms with van der Waals surface area (Å²) in [5, 5.41) is 9.43. The van der Waals surface area contributed by atoms with Crippen LogP contribution in [-0.4, -0.2) is 34.7 Å². The molecule has 0 bridgehead atoms. The molecule has 0 aromatic rings. The van der Waals surface area contributed by atoms with Crippen molar-refractivity contribution >= 4 is 0 Å². The maximum absolute atomic E-state index is 9.43. The second-order valence-electron chi connectivity index (χ2n) is 3.78. The molecule has 0 spiro atoms. The minimum atomic E-state index is -0.167. The Labute approximate surface area is 69.2 Å². The largest absolute Gasteiger partial charge is 0.392 e. The number of rotatable bonds is 2. The number of hydrogen-bond donors (Lipinski definition) is 1. The van der Waals surface area contributed by atoms with Crippen LogP contribution >= 0.6 is 0 Å². The van der Waals surface area contributed by atoms with Gasteiger partial charge in [0.15, 0.2) is 0 Å². The fourth-order valence-electron chi connectivity index (χ4n) is 1.97. The van der Waals surface area contributed by atoms with Gasteiger partial charge in [-0.3, -0.25) is 4.90 Å². The van der Waals surface area contributed by atoms with Crippen LogP contribution in [0, 0.1) is 0 Å². The number of hydrogen-bond acceptors (Lipinski definition) is 2. The molecule has 2 nitrogen and oxygen atoms in total. The lowest BCUT2D eigenvalue weighted by atomic mass is 10.1. The van der Waals surface area contributed by atoms with Gasteiger partial charge >= 0.3 is 0 Å². The summed E-state index contributed by atoms with van der Waals surface area (Å²) in [5.74, 6) is 0. The van der Waals surface area contributed by atoms with Crippen LogP contribution in [0.2, 0.25) is 0 Å². The predicted octanol–water partition coefficient (Wildman–Crippen LogP) is 1.24. The molecule has 11 heavy (non-hydrogen) atoms. The van der Waals surface area contributed by atoms with Crippen LogP contribution < -0.4 is 0 Å². The molecular formula is C9H19NO. The molecule has 0 aromatic carbocycles. The van der Waals surface area contributed by atoms with Gasteiger partial charge in [0.25, 0.3) is 0 Å². The van der Waals surface area contributed by atoms with Crippen LogP contribution in [0.1, 0.15) is 33.6 Å². The van der Waals surface area contributed by atoms with Crippen LogP contribution in [0.3, 0.4) is 0 Å². The summed E-state index contributed by atoms with van der Waals surface area (Å²) in [7, 11) is 0. The van der Waals surface area contributed by atoms with E-state index in [0.29, 0.717) is 12.1 Å². The van der Waals surface area contributed by atoms with E-state index in [0.717, 1.165) is 13.0 Å². The highest BCUT2D eigenvalue weighted by Crippen LogP contribution is 2.22. The quantitative estimate of drug-likeness (QED) is 0.652. The van der Waals surface area contributed by atoms with Gasteiger partial charge in [-0.15, -0.1) is 0 Å². The third-order valence-electron chi connectivity index (χ3n) is 2.56. The third kappa shape index (κ3) is 1.94. The lowest BCUT2D eigenvalue weighted by Gasteiger charge is -2.29. The summed E-state index contributed by atoms with van der Waals surface area (Å²) in [6.07, 6.45) is 2.24. The average molecular weight is 157 g/mol. The van der Waals surface area contributed by atoms with E-state index in [2.05, 4.69) is 18.7 Å². The average Bonchev–Trinajstić information content (AvgIpc) is 2.32. The molecule has 1 fully saturated rings. The maximum atomic E-state index is 9.43. The standard InChI is InChI=1S/C9H19NO/c1-7(2)10-6-4-5-9(10)8(3)11/h7-9,11H,4-6H2,1-3H3/t8-,9-/m0/s1. The highest BCUT2D eigenvalue weighted by Gasteiger charge is 2.29. The van der Waals surface area contributed by atoms with Crippen molar-refractivity contribution in [3.05, 3.63) is 0 Å². The zero-order valence-corrected chi connectivity index (χ0v) is 7.75. The Hall–Kier alpha value is -0.0800. The van der Waals surface area contributed by atoms with Crippen LogP contribution in [0.4, 0.5) is 0 Å². The molecule has 0 radical (unpaired) electrons. The number of aliphatic hydroxyl groups is 1. The van der Waals surface area contributed by atoms with Crippen molar-refractivity contribution in [2.24, 2.45) is 0 Å². The van der Waals surface area contributed by atoms with E-state index in [1.165, 1.54) is 6.42 Å². The van der Waals surface area contributed by atoms with Crippen LogP contribution in [-0.2, 0) is 0 Å². The second kappa shape index (κ2) is 3.55. The maximum Gasteiger partial charge on any atom is 0.0667 e. The van der Waals surface area contributed by atoms with E-state index in [4.69, 9.17) is 0 Å². The Morgan fingerprint density at radius 2 is 2.00 bits per heavy atom. The Kier molecular flexibility index (Phi) is 2.90. The third-order valence-corrected chi connectivity index (χ3v) is 2.56. The van der Waals surface area contributed by atoms with Gasteiger partial charge in [-0.2, -0.15) is 0 Å². The van der Waals surface area contributed by atoms with Gasteiger partial charge in [-0.1, -0.05) is 0 Å². The van der Waals surface area contributed by atoms with Crippen LogP contribution in [0.25, 0.3) is 0 Å². The first-order chi connectivity index (χ1) is 5.13. The fourth-order valence-corrected chi connectivity index (χ4v) is 1.97. The Morgan fingerprint density at radius 1 is 1.36 bits per heavy atom. The first-order valence-corrected chi connectivity index (χ1v) is 4.56. The SMILES string of the molecule is CC(C)N1CCC[C@H]1[C@H](C)O. The van der Waals surface area contributed by atoms with Gasteiger partial charge < -0.3 is 5.11 Å². The van der Waals surface area contributed by atoms with Crippen molar-refractivity contribution in [2.45, 2.75) is 51.8 Å². The smallest absolute Gasteiger partial charge is 0.0667 e. The molecule has 1 aliphatic rings.